The van der Waals surface area contributed by atoms with Crippen LogP contribution in [0.25, 0.3) is 0 Å². The number of ether oxygens (including phenoxy) is 2. The van der Waals surface area contributed by atoms with Crippen LogP contribution in [0.4, 0.5) is 4.39 Å². The summed E-state index contributed by atoms with van der Waals surface area (Å²) in [4.78, 5) is 36.8. The van der Waals surface area contributed by atoms with E-state index in [0.29, 0.717) is 17.0 Å². The minimum absolute atomic E-state index is 0.0208. The van der Waals surface area contributed by atoms with E-state index in [-0.39, 0.29) is 29.9 Å². The number of halogens is 1. The summed E-state index contributed by atoms with van der Waals surface area (Å²) in [6.07, 6.45) is 0. The Hall–Kier alpha value is -3.94. The SMILES string of the molecule is CC1=C(C(=O)O)C(c2ccccc2F)C(C(=O)OCCOC(=O)c2ccccc2)=C(C)N1. The average molecular weight is 439 g/mol. The Labute approximate surface area is 184 Å². The van der Waals surface area contributed by atoms with Crippen molar-refractivity contribution in [1.82, 2.24) is 5.32 Å². The molecule has 2 N–H and O–H groups in total. The quantitative estimate of drug-likeness (QED) is 0.503. The Morgan fingerprint density at radius 3 is 2.06 bits per heavy atom. The van der Waals surface area contributed by atoms with Crippen LogP contribution in [0.5, 0.6) is 0 Å². The Kier molecular flexibility index (Phi) is 7.04. The van der Waals surface area contributed by atoms with Gasteiger partial charge in [0.15, 0.2) is 0 Å². The van der Waals surface area contributed by atoms with Crippen LogP contribution in [0.3, 0.4) is 0 Å². The summed E-state index contributed by atoms with van der Waals surface area (Å²) in [5.74, 6) is -4.47. The molecule has 0 bridgehead atoms. The lowest BCUT2D eigenvalue weighted by molar-refractivity contribution is -0.140. The van der Waals surface area contributed by atoms with Gasteiger partial charge in [0.25, 0.3) is 0 Å². The molecule has 0 saturated carbocycles. The molecule has 1 aliphatic rings. The standard InChI is InChI=1S/C24H22FNO6/c1-14-19(22(27)28)21(17-10-6-7-11-18(17)25)20(15(2)26-14)24(30)32-13-12-31-23(29)16-8-4-3-5-9-16/h3-11,21,26H,12-13H2,1-2H3,(H,27,28). The van der Waals surface area contributed by atoms with Gasteiger partial charge >= 0.3 is 17.9 Å². The molecule has 1 aliphatic heterocycles. The summed E-state index contributed by atoms with van der Waals surface area (Å²) in [6.45, 7) is 2.70. The van der Waals surface area contributed by atoms with Gasteiger partial charge in [0, 0.05) is 17.0 Å². The molecule has 1 heterocycles. The zero-order valence-electron chi connectivity index (χ0n) is 17.6. The van der Waals surface area contributed by atoms with Crippen LogP contribution >= 0.6 is 0 Å². The van der Waals surface area contributed by atoms with Crippen LogP contribution in [-0.4, -0.2) is 36.2 Å². The first-order valence-electron chi connectivity index (χ1n) is 9.86. The monoisotopic (exact) mass is 439 g/mol. The number of rotatable bonds is 7. The minimum Gasteiger partial charge on any atom is -0.478 e. The number of esters is 2. The lowest BCUT2D eigenvalue weighted by Crippen LogP contribution is -2.32. The lowest BCUT2D eigenvalue weighted by Gasteiger charge is -2.29. The maximum atomic E-state index is 14.6. The van der Waals surface area contributed by atoms with Crippen molar-refractivity contribution in [2.45, 2.75) is 19.8 Å². The van der Waals surface area contributed by atoms with Gasteiger partial charge in [-0.3, -0.25) is 0 Å². The average Bonchev–Trinajstić information content (AvgIpc) is 2.76. The Bertz CT molecular complexity index is 1110. The molecule has 0 fully saturated rings. The van der Waals surface area contributed by atoms with Gasteiger partial charge < -0.3 is 19.9 Å². The number of carboxylic acids is 1. The predicted molar refractivity (Wildman–Crippen MR) is 113 cm³/mol. The van der Waals surface area contributed by atoms with Crippen molar-refractivity contribution >= 4 is 17.9 Å². The molecule has 32 heavy (non-hydrogen) atoms. The van der Waals surface area contributed by atoms with E-state index in [0.717, 1.165) is 0 Å². The molecule has 2 aromatic carbocycles. The molecule has 0 radical (unpaired) electrons. The highest BCUT2D eigenvalue weighted by Crippen LogP contribution is 2.39. The van der Waals surface area contributed by atoms with Crippen molar-refractivity contribution in [2.75, 3.05) is 13.2 Å². The maximum Gasteiger partial charge on any atom is 0.338 e. The summed E-state index contributed by atoms with van der Waals surface area (Å²) in [5, 5.41) is 12.6. The summed E-state index contributed by atoms with van der Waals surface area (Å²) >= 11 is 0. The molecule has 8 heteroatoms. The van der Waals surface area contributed by atoms with E-state index in [4.69, 9.17) is 9.47 Å². The topological polar surface area (TPSA) is 102 Å². The van der Waals surface area contributed by atoms with Crippen molar-refractivity contribution in [3.63, 3.8) is 0 Å². The number of nitrogens with one attached hydrogen (secondary N) is 1. The number of hydrogen-bond donors (Lipinski definition) is 2. The number of allylic oxidation sites excluding steroid dienone is 2. The summed E-state index contributed by atoms with van der Waals surface area (Å²) in [5.41, 5.74) is 0.895. The molecule has 0 amide bonds. The van der Waals surface area contributed by atoms with E-state index in [1.54, 1.807) is 50.2 Å². The number of carbonyl (C=O) groups is 3. The van der Waals surface area contributed by atoms with Crippen LogP contribution in [-0.2, 0) is 19.1 Å². The van der Waals surface area contributed by atoms with Crippen LogP contribution in [0.15, 0.2) is 77.1 Å². The highest BCUT2D eigenvalue weighted by molar-refractivity contribution is 5.99. The molecular weight excluding hydrogens is 417 g/mol. The van der Waals surface area contributed by atoms with Gasteiger partial charge in [-0.25, -0.2) is 18.8 Å². The summed E-state index contributed by atoms with van der Waals surface area (Å²) in [7, 11) is 0. The number of benzene rings is 2. The normalized spacial score (nSPS) is 15.8. The van der Waals surface area contributed by atoms with E-state index < -0.39 is 29.6 Å². The third-order valence-corrected chi connectivity index (χ3v) is 4.99. The van der Waals surface area contributed by atoms with Gasteiger partial charge in [0.2, 0.25) is 0 Å². The van der Waals surface area contributed by atoms with Crippen molar-refractivity contribution in [3.8, 4) is 0 Å². The second kappa shape index (κ2) is 9.91. The van der Waals surface area contributed by atoms with Crippen molar-refractivity contribution in [3.05, 3.63) is 94.1 Å². The third-order valence-electron chi connectivity index (χ3n) is 4.99. The molecule has 0 spiro atoms. The van der Waals surface area contributed by atoms with Crippen LogP contribution in [0, 0.1) is 5.82 Å². The first kappa shape index (κ1) is 22.7. The van der Waals surface area contributed by atoms with Gasteiger partial charge in [0.05, 0.1) is 22.6 Å². The highest BCUT2D eigenvalue weighted by atomic mass is 19.1. The lowest BCUT2D eigenvalue weighted by atomic mass is 9.80. The molecular formula is C24H22FNO6. The fourth-order valence-electron chi connectivity index (χ4n) is 3.57. The van der Waals surface area contributed by atoms with Crippen LogP contribution < -0.4 is 5.32 Å². The molecule has 7 nitrogen and oxygen atoms in total. The Balaban J connectivity index is 1.77. The smallest absolute Gasteiger partial charge is 0.338 e. The van der Waals surface area contributed by atoms with Crippen molar-refractivity contribution in [1.29, 1.82) is 0 Å². The van der Waals surface area contributed by atoms with Gasteiger partial charge in [0.1, 0.15) is 19.0 Å². The van der Waals surface area contributed by atoms with E-state index in [2.05, 4.69) is 5.32 Å². The van der Waals surface area contributed by atoms with E-state index >= 15 is 0 Å². The van der Waals surface area contributed by atoms with E-state index in [1.807, 2.05) is 0 Å². The fourth-order valence-corrected chi connectivity index (χ4v) is 3.57. The maximum absolute atomic E-state index is 14.6. The first-order chi connectivity index (χ1) is 15.3. The van der Waals surface area contributed by atoms with Crippen molar-refractivity contribution < 1.29 is 33.4 Å². The fraction of sp³-hybridized carbons (Fsp3) is 0.208. The zero-order valence-corrected chi connectivity index (χ0v) is 17.6. The van der Waals surface area contributed by atoms with Gasteiger partial charge in [-0.15, -0.1) is 0 Å². The van der Waals surface area contributed by atoms with Crippen LogP contribution in [0.2, 0.25) is 0 Å². The number of carboxylic acid groups (broad SMARTS) is 1. The third kappa shape index (κ3) is 4.85. The van der Waals surface area contributed by atoms with Gasteiger partial charge in [-0.05, 0) is 32.0 Å². The Morgan fingerprint density at radius 2 is 1.44 bits per heavy atom. The molecule has 3 rings (SSSR count). The minimum atomic E-state index is -1.28. The van der Waals surface area contributed by atoms with E-state index in [9.17, 15) is 23.9 Å². The second-order valence-corrected chi connectivity index (χ2v) is 7.10. The largest absolute Gasteiger partial charge is 0.478 e. The number of carbonyl (C=O) groups excluding carboxylic acids is 2. The zero-order chi connectivity index (χ0) is 23.3. The molecule has 0 aliphatic carbocycles. The molecule has 2 aromatic rings. The Morgan fingerprint density at radius 1 is 0.875 bits per heavy atom. The number of aliphatic carboxylic acids is 1. The first-order valence-corrected chi connectivity index (χ1v) is 9.86. The second-order valence-electron chi connectivity index (χ2n) is 7.10. The number of dihydropyridines is 1. The predicted octanol–water partition coefficient (Wildman–Crippen LogP) is 3.55. The van der Waals surface area contributed by atoms with Crippen LogP contribution in [0.1, 0.15) is 35.7 Å². The molecule has 1 unspecified atom stereocenters. The van der Waals surface area contributed by atoms with Gasteiger partial charge in [-0.2, -0.15) is 0 Å². The summed E-state index contributed by atoms with van der Waals surface area (Å²) in [6, 6.07) is 14.0. The summed E-state index contributed by atoms with van der Waals surface area (Å²) < 4.78 is 24.9. The number of hydrogen-bond acceptors (Lipinski definition) is 6. The molecule has 166 valence electrons. The molecule has 0 aromatic heterocycles. The molecule has 0 saturated heterocycles. The van der Waals surface area contributed by atoms with E-state index in [1.165, 1.54) is 18.2 Å². The molecule has 1 atom stereocenters. The van der Waals surface area contributed by atoms with Crippen molar-refractivity contribution in [2.24, 2.45) is 0 Å². The highest BCUT2D eigenvalue weighted by Gasteiger charge is 2.38. The van der Waals surface area contributed by atoms with Gasteiger partial charge in [-0.1, -0.05) is 36.4 Å².